The Morgan fingerprint density at radius 2 is 2.38 bits per heavy atom. The number of quaternary nitrogens is 1. The van der Waals surface area contributed by atoms with Gasteiger partial charge >= 0.3 is 0 Å². The van der Waals surface area contributed by atoms with Gasteiger partial charge in [-0.25, -0.2) is 0 Å². The second kappa shape index (κ2) is 2.95. The Bertz CT molecular complexity index is 474. The Labute approximate surface area is 92.9 Å². The quantitative estimate of drug-likeness (QED) is 0.413. The summed E-state index contributed by atoms with van der Waals surface area (Å²) in [4.78, 5) is 16.2. The summed E-state index contributed by atoms with van der Waals surface area (Å²) >= 11 is 0. The smallest absolute Gasteiger partial charge is 0.269 e. The van der Waals surface area contributed by atoms with Gasteiger partial charge in [-0.15, -0.1) is 4.65 Å². The molecule has 1 saturated heterocycles. The molecule has 1 fully saturated rings. The molecule has 3 rings (SSSR count). The largest absolute Gasteiger partial charge is 0.315 e. The molecule has 0 N–H and O–H groups in total. The zero-order chi connectivity index (χ0) is 11.3. The maximum absolute atomic E-state index is 10.7. The summed E-state index contributed by atoms with van der Waals surface area (Å²) in [6, 6.07) is 4.90. The van der Waals surface area contributed by atoms with Gasteiger partial charge in [0.05, 0.1) is 4.92 Å². The molecule has 1 aromatic carbocycles. The molecule has 5 heteroatoms. The SMILES string of the molecule is C[N+]12CCC(C1)c1cc([N+](=O)[O-])ccc1O2. The average Bonchev–Trinajstić information content (AvgIpc) is 2.55. The van der Waals surface area contributed by atoms with Crippen LogP contribution in [0.3, 0.4) is 0 Å². The second-order valence-corrected chi connectivity index (χ2v) is 4.76. The Hall–Kier alpha value is -1.62. The van der Waals surface area contributed by atoms with Crippen molar-refractivity contribution in [2.24, 2.45) is 0 Å². The van der Waals surface area contributed by atoms with E-state index in [-0.39, 0.29) is 10.6 Å². The third kappa shape index (κ3) is 1.28. The minimum Gasteiger partial charge on any atom is -0.315 e. The summed E-state index contributed by atoms with van der Waals surface area (Å²) in [7, 11) is 2.06. The van der Waals surface area contributed by atoms with E-state index in [4.69, 9.17) is 4.84 Å². The van der Waals surface area contributed by atoms with Crippen molar-refractivity contribution < 1.29 is 14.4 Å². The van der Waals surface area contributed by atoms with Crippen LogP contribution in [0.1, 0.15) is 17.9 Å². The number of hydrogen-bond acceptors (Lipinski definition) is 3. The maximum atomic E-state index is 10.7. The minimum atomic E-state index is -0.349. The second-order valence-electron chi connectivity index (χ2n) is 4.76. The van der Waals surface area contributed by atoms with Gasteiger partial charge in [0.25, 0.3) is 5.69 Å². The molecule has 2 unspecified atom stereocenters. The highest BCUT2D eigenvalue weighted by atomic mass is 16.7. The lowest BCUT2D eigenvalue weighted by Crippen LogP contribution is -2.46. The molecule has 84 valence electrons. The van der Waals surface area contributed by atoms with E-state index < -0.39 is 0 Å². The third-order valence-electron chi connectivity index (χ3n) is 3.52. The van der Waals surface area contributed by atoms with E-state index in [0.717, 1.165) is 30.8 Å². The van der Waals surface area contributed by atoms with E-state index in [1.165, 1.54) is 6.07 Å². The van der Waals surface area contributed by atoms with Crippen LogP contribution in [0.5, 0.6) is 5.75 Å². The van der Waals surface area contributed by atoms with Gasteiger partial charge in [-0.1, -0.05) is 0 Å². The third-order valence-corrected chi connectivity index (χ3v) is 3.52. The van der Waals surface area contributed by atoms with E-state index in [2.05, 4.69) is 7.05 Å². The highest BCUT2D eigenvalue weighted by molar-refractivity contribution is 5.46. The number of hydrogen-bond donors (Lipinski definition) is 0. The molecule has 2 bridgehead atoms. The predicted octanol–water partition coefficient (Wildman–Crippen LogP) is 1.84. The first-order valence-corrected chi connectivity index (χ1v) is 5.40. The molecule has 0 aliphatic carbocycles. The van der Waals surface area contributed by atoms with Gasteiger partial charge in [-0.05, 0) is 6.07 Å². The van der Waals surface area contributed by atoms with E-state index in [9.17, 15) is 10.1 Å². The van der Waals surface area contributed by atoms with Crippen LogP contribution in [-0.4, -0.2) is 29.7 Å². The molecule has 1 aromatic rings. The normalized spacial score (nSPS) is 30.7. The summed E-state index contributed by atoms with van der Waals surface area (Å²) in [5.74, 6) is 1.22. The first-order chi connectivity index (χ1) is 7.57. The van der Waals surface area contributed by atoms with Crippen molar-refractivity contribution in [3.63, 3.8) is 0 Å². The number of nitro groups is 1. The summed E-state index contributed by atoms with van der Waals surface area (Å²) in [6.45, 7) is 1.90. The predicted molar refractivity (Wildman–Crippen MR) is 57.0 cm³/mol. The fraction of sp³-hybridized carbons (Fsp3) is 0.455. The minimum absolute atomic E-state index is 0.158. The number of benzene rings is 1. The lowest BCUT2D eigenvalue weighted by molar-refractivity contribution is -1.06. The molecule has 5 nitrogen and oxygen atoms in total. The molecule has 0 amide bonds. The summed E-state index contributed by atoms with van der Waals surface area (Å²) in [6.07, 6.45) is 1.05. The number of nitro benzene ring substituents is 1. The van der Waals surface area contributed by atoms with Crippen molar-refractivity contribution >= 4 is 5.69 Å². The molecule has 16 heavy (non-hydrogen) atoms. The highest BCUT2D eigenvalue weighted by Crippen LogP contribution is 2.43. The van der Waals surface area contributed by atoms with Gasteiger partial charge < -0.3 is 4.84 Å². The van der Waals surface area contributed by atoms with E-state index in [0.29, 0.717) is 10.6 Å². The Kier molecular flexibility index (Phi) is 1.77. The van der Waals surface area contributed by atoms with Gasteiger partial charge in [-0.3, -0.25) is 10.1 Å². The van der Waals surface area contributed by atoms with Gasteiger partial charge in [0.1, 0.15) is 20.1 Å². The van der Waals surface area contributed by atoms with Crippen LogP contribution in [0, 0.1) is 10.1 Å². The molecule has 2 aliphatic heterocycles. The van der Waals surface area contributed by atoms with Crippen molar-refractivity contribution in [3.05, 3.63) is 33.9 Å². The summed E-state index contributed by atoms with van der Waals surface area (Å²) in [5.41, 5.74) is 1.16. The van der Waals surface area contributed by atoms with Gasteiger partial charge in [0.15, 0.2) is 5.75 Å². The zero-order valence-electron chi connectivity index (χ0n) is 9.05. The molecular formula is C11H13N2O3+. The average molecular weight is 221 g/mol. The van der Waals surface area contributed by atoms with Crippen LogP contribution < -0.4 is 4.84 Å². The number of nitrogens with zero attached hydrogens (tertiary/aromatic N) is 2. The molecule has 0 radical (unpaired) electrons. The Morgan fingerprint density at radius 1 is 1.56 bits per heavy atom. The van der Waals surface area contributed by atoms with Crippen molar-refractivity contribution in [1.29, 1.82) is 0 Å². The van der Waals surface area contributed by atoms with Gasteiger partial charge in [0, 0.05) is 30.0 Å². The number of non-ortho nitro benzene ring substituents is 1. The first kappa shape index (κ1) is 9.59. The number of fused-ring (bicyclic) bond motifs is 4. The molecule has 2 aliphatic rings. The topological polar surface area (TPSA) is 52.4 Å². The Balaban J connectivity index is 2.08. The molecule has 0 saturated carbocycles. The number of likely N-dealkylation sites (N-methyl/N-ethyl adjacent to an activating group) is 1. The number of rotatable bonds is 1. The van der Waals surface area contributed by atoms with E-state index in [1.54, 1.807) is 12.1 Å². The van der Waals surface area contributed by atoms with Crippen LogP contribution in [0.2, 0.25) is 0 Å². The summed E-state index contributed by atoms with van der Waals surface area (Å²) in [5, 5.41) is 10.7. The van der Waals surface area contributed by atoms with Crippen LogP contribution >= 0.6 is 0 Å². The van der Waals surface area contributed by atoms with E-state index >= 15 is 0 Å². The highest BCUT2D eigenvalue weighted by Gasteiger charge is 2.44. The monoisotopic (exact) mass is 221 g/mol. The van der Waals surface area contributed by atoms with Crippen molar-refractivity contribution in [2.45, 2.75) is 12.3 Å². The van der Waals surface area contributed by atoms with Gasteiger partial charge in [-0.2, -0.15) is 0 Å². The van der Waals surface area contributed by atoms with E-state index in [1.807, 2.05) is 0 Å². The van der Waals surface area contributed by atoms with Crippen molar-refractivity contribution in [1.82, 2.24) is 0 Å². The zero-order valence-corrected chi connectivity index (χ0v) is 9.05. The molecule has 0 aromatic heterocycles. The first-order valence-electron chi connectivity index (χ1n) is 5.40. The lowest BCUT2D eigenvalue weighted by atomic mass is 9.96. The van der Waals surface area contributed by atoms with Crippen LogP contribution in [-0.2, 0) is 0 Å². The van der Waals surface area contributed by atoms with Crippen LogP contribution in [0.15, 0.2) is 18.2 Å². The standard InChI is InChI=1S/C11H13N2O3/c1-13-5-4-8(7-13)10-6-9(12(14)15)2-3-11(10)16-13/h2-3,6,8H,4-5,7H2,1H3/q+1. The lowest BCUT2D eigenvalue weighted by Gasteiger charge is -2.31. The van der Waals surface area contributed by atoms with Crippen molar-refractivity contribution in [2.75, 3.05) is 20.1 Å². The summed E-state index contributed by atoms with van der Waals surface area (Å²) < 4.78 is 0.607. The number of hydroxylamine groups is 3. The molecule has 2 atom stereocenters. The fourth-order valence-corrected chi connectivity index (χ4v) is 2.70. The molecular weight excluding hydrogens is 208 g/mol. The van der Waals surface area contributed by atoms with Crippen LogP contribution in [0.4, 0.5) is 5.69 Å². The fourth-order valence-electron chi connectivity index (χ4n) is 2.70. The molecule has 0 spiro atoms. The van der Waals surface area contributed by atoms with Crippen LogP contribution in [0.25, 0.3) is 0 Å². The molecule has 2 heterocycles. The maximum Gasteiger partial charge on any atom is 0.269 e. The van der Waals surface area contributed by atoms with Gasteiger partial charge in [0.2, 0.25) is 0 Å². The van der Waals surface area contributed by atoms with Crippen molar-refractivity contribution in [3.8, 4) is 5.75 Å². The Morgan fingerprint density at radius 3 is 3.12 bits per heavy atom.